The third kappa shape index (κ3) is 3.68. The maximum atomic E-state index is 11.4. The Balaban J connectivity index is 1.69. The number of hydrogen-bond acceptors (Lipinski definition) is 4. The maximum Gasteiger partial charge on any atom is 0.308 e. The number of esters is 1. The summed E-state index contributed by atoms with van der Waals surface area (Å²) in [6, 6.07) is 1.20. The summed E-state index contributed by atoms with van der Waals surface area (Å²) in [6.07, 6.45) is 6.36. The van der Waals surface area contributed by atoms with E-state index in [1.54, 1.807) is 0 Å². The highest BCUT2D eigenvalue weighted by Gasteiger charge is 2.28. The van der Waals surface area contributed by atoms with Crippen molar-refractivity contribution in [3.63, 3.8) is 0 Å². The van der Waals surface area contributed by atoms with Crippen LogP contribution in [0, 0.1) is 5.92 Å². The molecule has 2 fully saturated rings. The molecule has 0 aromatic rings. The smallest absolute Gasteiger partial charge is 0.308 e. The summed E-state index contributed by atoms with van der Waals surface area (Å²) in [7, 11) is 1.48. The first kappa shape index (κ1) is 12.8. The van der Waals surface area contributed by atoms with Gasteiger partial charge in [0.15, 0.2) is 0 Å². The predicted octanol–water partition coefficient (Wildman–Crippen LogP) is 1.49. The van der Waals surface area contributed by atoms with Crippen LogP contribution in [0.15, 0.2) is 0 Å². The van der Waals surface area contributed by atoms with Gasteiger partial charge in [0, 0.05) is 25.3 Å². The van der Waals surface area contributed by atoms with Crippen molar-refractivity contribution in [2.24, 2.45) is 5.92 Å². The van der Waals surface area contributed by atoms with Crippen LogP contribution in [0.1, 0.15) is 38.5 Å². The van der Waals surface area contributed by atoms with Gasteiger partial charge < -0.3 is 14.8 Å². The van der Waals surface area contributed by atoms with Crippen molar-refractivity contribution in [1.29, 1.82) is 0 Å². The fourth-order valence-corrected chi connectivity index (χ4v) is 2.86. The van der Waals surface area contributed by atoms with E-state index in [9.17, 15) is 4.79 Å². The Labute approximate surface area is 103 Å². The van der Waals surface area contributed by atoms with Gasteiger partial charge in [0.1, 0.15) is 0 Å². The number of hydrogen-bond donors (Lipinski definition) is 1. The SMILES string of the molecule is COC(=O)C1CCC(NC2CCOCC2)CC1. The second kappa shape index (κ2) is 6.36. The molecular formula is C13H23NO3. The minimum atomic E-state index is -0.0329. The highest BCUT2D eigenvalue weighted by Crippen LogP contribution is 2.26. The quantitative estimate of drug-likeness (QED) is 0.760. The first-order chi connectivity index (χ1) is 8.29. The van der Waals surface area contributed by atoms with Crippen LogP contribution in [-0.2, 0) is 14.3 Å². The molecule has 1 aliphatic carbocycles. The van der Waals surface area contributed by atoms with Crippen LogP contribution in [-0.4, -0.2) is 38.4 Å². The van der Waals surface area contributed by atoms with Gasteiger partial charge in [-0.1, -0.05) is 0 Å². The summed E-state index contributed by atoms with van der Waals surface area (Å²) in [5.41, 5.74) is 0. The molecular weight excluding hydrogens is 218 g/mol. The summed E-state index contributed by atoms with van der Waals surface area (Å²) in [5.74, 6) is 0.0993. The standard InChI is InChI=1S/C13H23NO3/c1-16-13(15)10-2-4-11(5-3-10)14-12-6-8-17-9-7-12/h10-12,14H,2-9H2,1H3. The summed E-state index contributed by atoms with van der Waals surface area (Å²) >= 11 is 0. The van der Waals surface area contributed by atoms with E-state index in [0.29, 0.717) is 12.1 Å². The molecule has 0 bridgehead atoms. The van der Waals surface area contributed by atoms with E-state index >= 15 is 0 Å². The molecule has 0 aromatic heterocycles. The molecule has 4 heteroatoms. The minimum Gasteiger partial charge on any atom is -0.469 e. The number of rotatable bonds is 3. The average Bonchev–Trinajstić information content (AvgIpc) is 2.40. The van der Waals surface area contributed by atoms with Crippen molar-refractivity contribution < 1.29 is 14.3 Å². The number of methoxy groups -OCH3 is 1. The van der Waals surface area contributed by atoms with E-state index in [1.807, 2.05) is 0 Å². The summed E-state index contributed by atoms with van der Waals surface area (Å²) < 4.78 is 10.1. The van der Waals surface area contributed by atoms with Crippen molar-refractivity contribution in [3.05, 3.63) is 0 Å². The monoisotopic (exact) mass is 241 g/mol. The molecule has 1 N–H and O–H groups in total. The third-order valence-corrected chi connectivity index (χ3v) is 3.95. The molecule has 17 heavy (non-hydrogen) atoms. The fourth-order valence-electron chi connectivity index (χ4n) is 2.86. The van der Waals surface area contributed by atoms with Crippen LogP contribution in [0.25, 0.3) is 0 Å². The first-order valence-corrected chi connectivity index (χ1v) is 6.71. The van der Waals surface area contributed by atoms with Crippen molar-refractivity contribution in [2.45, 2.75) is 50.6 Å². The lowest BCUT2D eigenvalue weighted by Crippen LogP contribution is -2.43. The third-order valence-electron chi connectivity index (χ3n) is 3.95. The summed E-state index contributed by atoms with van der Waals surface area (Å²) in [6.45, 7) is 1.77. The predicted molar refractivity (Wildman–Crippen MR) is 64.7 cm³/mol. The zero-order valence-electron chi connectivity index (χ0n) is 10.6. The van der Waals surface area contributed by atoms with Crippen LogP contribution in [0.5, 0.6) is 0 Å². The number of nitrogens with one attached hydrogen (secondary N) is 1. The Bertz CT molecular complexity index is 243. The van der Waals surface area contributed by atoms with E-state index in [0.717, 1.165) is 51.7 Å². The zero-order chi connectivity index (χ0) is 12.1. The molecule has 1 saturated heterocycles. The van der Waals surface area contributed by atoms with Crippen LogP contribution >= 0.6 is 0 Å². The number of carbonyl (C=O) groups excluding carboxylic acids is 1. The molecule has 0 spiro atoms. The zero-order valence-corrected chi connectivity index (χ0v) is 10.6. The van der Waals surface area contributed by atoms with E-state index < -0.39 is 0 Å². The fraction of sp³-hybridized carbons (Fsp3) is 0.923. The molecule has 1 aliphatic heterocycles. The van der Waals surface area contributed by atoms with Crippen molar-refractivity contribution in [3.8, 4) is 0 Å². The normalized spacial score (nSPS) is 31.1. The summed E-state index contributed by atoms with van der Waals surface area (Å²) in [4.78, 5) is 11.4. The molecule has 0 unspecified atom stereocenters. The van der Waals surface area contributed by atoms with Crippen LogP contribution in [0.4, 0.5) is 0 Å². The van der Waals surface area contributed by atoms with Crippen molar-refractivity contribution >= 4 is 5.97 Å². The van der Waals surface area contributed by atoms with E-state index in [4.69, 9.17) is 9.47 Å². The Morgan fingerprint density at radius 1 is 1.06 bits per heavy atom. The second-order valence-electron chi connectivity index (χ2n) is 5.13. The molecule has 0 radical (unpaired) electrons. The number of ether oxygens (including phenoxy) is 2. The minimum absolute atomic E-state index is 0.0329. The van der Waals surface area contributed by atoms with Crippen LogP contribution < -0.4 is 5.32 Å². The van der Waals surface area contributed by atoms with Gasteiger partial charge in [-0.15, -0.1) is 0 Å². The van der Waals surface area contributed by atoms with Crippen LogP contribution in [0.2, 0.25) is 0 Å². The molecule has 98 valence electrons. The Morgan fingerprint density at radius 3 is 2.24 bits per heavy atom. The van der Waals surface area contributed by atoms with Crippen molar-refractivity contribution in [1.82, 2.24) is 5.32 Å². The molecule has 4 nitrogen and oxygen atoms in total. The van der Waals surface area contributed by atoms with Gasteiger partial charge in [0.25, 0.3) is 0 Å². The maximum absolute atomic E-state index is 11.4. The molecule has 1 heterocycles. The van der Waals surface area contributed by atoms with Gasteiger partial charge in [0.05, 0.1) is 13.0 Å². The first-order valence-electron chi connectivity index (χ1n) is 6.71. The molecule has 1 saturated carbocycles. The average molecular weight is 241 g/mol. The van der Waals surface area contributed by atoms with Gasteiger partial charge in [-0.3, -0.25) is 4.79 Å². The molecule has 0 amide bonds. The van der Waals surface area contributed by atoms with Gasteiger partial charge in [-0.05, 0) is 38.5 Å². The van der Waals surface area contributed by atoms with Gasteiger partial charge in [-0.25, -0.2) is 0 Å². The lowest BCUT2D eigenvalue weighted by molar-refractivity contribution is -0.146. The molecule has 2 rings (SSSR count). The second-order valence-corrected chi connectivity index (χ2v) is 5.13. The van der Waals surface area contributed by atoms with Gasteiger partial charge in [0.2, 0.25) is 0 Å². The number of carbonyl (C=O) groups is 1. The molecule has 2 aliphatic rings. The Morgan fingerprint density at radius 2 is 1.65 bits per heavy atom. The Hall–Kier alpha value is -0.610. The van der Waals surface area contributed by atoms with Gasteiger partial charge >= 0.3 is 5.97 Å². The highest BCUT2D eigenvalue weighted by molar-refractivity contribution is 5.72. The van der Waals surface area contributed by atoms with E-state index in [1.165, 1.54) is 7.11 Å². The largest absolute Gasteiger partial charge is 0.469 e. The topological polar surface area (TPSA) is 47.6 Å². The Kier molecular flexibility index (Phi) is 4.80. The molecule has 0 atom stereocenters. The summed E-state index contributed by atoms with van der Waals surface area (Å²) in [5, 5.41) is 3.70. The van der Waals surface area contributed by atoms with Crippen LogP contribution in [0.3, 0.4) is 0 Å². The van der Waals surface area contributed by atoms with E-state index in [-0.39, 0.29) is 11.9 Å². The van der Waals surface area contributed by atoms with Gasteiger partial charge in [-0.2, -0.15) is 0 Å². The lowest BCUT2D eigenvalue weighted by Gasteiger charge is -2.32. The van der Waals surface area contributed by atoms with E-state index in [2.05, 4.69) is 5.32 Å². The van der Waals surface area contributed by atoms with Crippen molar-refractivity contribution in [2.75, 3.05) is 20.3 Å². The lowest BCUT2D eigenvalue weighted by atomic mass is 9.85. The molecule has 0 aromatic carbocycles. The highest BCUT2D eigenvalue weighted by atomic mass is 16.5.